The van der Waals surface area contributed by atoms with Crippen LogP contribution >= 0.6 is 0 Å². The van der Waals surface area contributed by atoms with Crippen molar-refractivity contribution in [3.63, 3.8) is 0 Å². The van der Waals surface area contributed by atoms with E-state index in [0.29, 0.717) is 15.9 Å². The fraction of sp³-hybridized carbons (Fsp3) is 0.455. The molecule has 2 heteroatoms. The van der Waals surface area contributed by atoms with Crippen molar-refractivity contribution in [2.75, 3.05) is 0 Å². The number of aryl methyl sites for hydroxylation is 2. The molecule has 0 amide bonds. The van der Waals surface area contributed by atoms with Crippen LogP contribution in [0.25, 0.3) is 0 Å². The van der Waals surface area contributed by atoms with Crippen LogP contribution in [0.15, 0.2) is 18.2 Å². The minimum absolute atomic E-state index is 0.319. The highest BCUT2D eigenvalue weighted by Crippen LogP contribution is 2.00. The summed E-state index contributed by atoms with van der Waals surface area (Å²) in [5.41, 5.74) is 2.63. The molecule has 0 spiro atoms. The van der Waals surface area contributed by atoms with Gasteiger partial charge in [0.2, 0.25) is 0 Å². The van der Waals surface area contributed by atoms with Crippen LogP contribution in [0, 0.1) is 13.8 Å². The average molecular weight is 192 g/mol. The van der Waals surface area contributed by atoms with Gasteiger partial charge in [-0.05, 0) is 32.9 Å². The van der Waals surface area contributed by atoms with Crippen LogP contribution in [-0.4, -0.2) is 15.9 Å². The largest absolute Gasteiger partial charge is 0.409 e. The molecule has 0 aliphatic heterocycles. The van der Waals surface area contributed by atoms with Crippen LogP contribution in [0.5, 0.6) is 0 Å². The lowest BCUT2D eigenvalue weighted by atomic mass is 10.2. The van der Waals surface area contributed by atoms with E-state index < -0.39 is 0 Å². The topological polar surface area (TPSA) is 9.23 Å². The minimum atomic E-state index is 0.319. The molecule has 0 fully saturated rings. The third kappa shape index (κ3) is 3.74. The monoisotopic (exact) mass is 192 g/mol. The van der Waals surface area contributed by atoms with Crippen LogP contribution < -0.4 is 5.19 Å². The second-order valence-electron chi connectivity index (χ2n) is 3.65. The molecule has 1 aromatic rings. The van der Waals surface area contributed by atoms with E-state index in [1.165, 1.54) is 16.3 Å². The number of hydrogen-bond acceptors (Lipinski definition) is 1. The van der Waals surface area contributed by atoms with Gasteiger partial charge in [0.05, 0.1) is 0 Å². The lowest BCUT2D eigenvalue weighted by molar-refractivity contribution is 0.260. The van der Waals surface area contributed by atoms with Gasteiger partial charge in [0.1, 0.15) is 0 Å². The average Bonchev–Trinajstić information content (AvgIpc) is 1.99. The van der Waals surface area contributed by atoms with Gasteiger partial charge in [-0.3, -0.25) is 0 Å². The van der Waals surface area contributed by atoms with Crippen molar-refractivity contribution in [2.24, 2.45) is 0 Å². The van der Waals surface area contributed by atoms with E-state index in [2.05, 4.69) is 45.9 Å². The van der Waals surface area contributed by atoms with Crippen LogP contribution in [-0.2, 0) is 4.43 Å². The molecular weight excluding hydrogens is 176 g/mol. The first-order chi connectivity index (χ1) is 6.08. The molecule has 0 aliphatic carbocycles. The Balaban J connectivity index is 2.66. The van der Waals surface area contributed by atoms with E-state index in [1.807, 2.05) is 0 Å². The van der Waals surface area contributed by atoms with E-state index in [9.17, 15) is 0 Å². The summed E-state index contributed by atoms with van der Waals surface area (Å²) in [6, 6.07) is 6.56. The Morgan fingerprint density at radius 2 is 1.62 bits per heavy atom. The highest BCUT2D eigenvalue weighted by atomic mass is 28.2. The van der Waals surface area contributed by atoms with Gasteiger partial charge in [-0.2, -0.15) is 0 Å². The molecule has 1 aromatic carbocycles. The molecular formula is C11H16OSi. The fourth-order valence-electron chi connectivity index (χ4n) is 1.22. The van der Waals surface area contributed by atoms with Crippen molar-refractivity contribution in [2.45, 2.75) is 33.8 Å². The lowest BCUT2D eigenvalue weighted by Crippen LogP contribution is -2.21. The molecule has 70 valence electrons. The van der Waals surface area contributed by atoms with Gasteiger partial charge in [-0.25, -0.2) is 0 Å². The summed E-state index contributed by atoms with van der Waals surface area (Å²) >= 11 is 0. The van der Waals surface area contributed by atoms with E-state index in [0.717, 1.165) is 0 Å². The maximum atomic E-state index is 5.57. The van der Waals surface area contributed by atoms with Gasteiger partial charge >= 0.3 is 0 Å². The fourth-order valence-corrected chi connectivity index (χ4v) is 2.16. The molecule has 1 nitrogen and oxygen atoms in total. The minimum Gasteiger partial charge on any atom is -0.409 e. The molecule has 0 unspecified atom stereocenters. The molecule has 0 atom stereocenters. The third-order valence-electron chi connectivity index (χ3n) is 1.63. The Morgan fingerprint density at radius 3 is 2.08 bits per heavy atom. The normalized spacial score (nSPS) is 10.8. The summed E-state index contributed by atoms with van der Waals surface area (Å²) in [5, 5.41) is 1.30. The molecule has 2 radical (unpaired) electrons. The van der Waals surface area contributed by atoms with Gasteiger partial charge in [-0.15, -0.1) is 0 Å². The van der Waals surface area contributed by atoms with Gasteiger partial charge in [0.25, 0.3) is 9.76 Å². The van der Waals surface area contributed by atoms with Gasteiger partial charge in [0.15, 0.2) is 0 Å². The first kappa shape index (κ1) is 10.5. The summed E-state index contributed by atoms with van der Waals surface area (Å²) in [6.07, 6.45) is 0.319. The van der Waals surface area contributed by atoms with Crippen LogP contribution in [0.3, 0.4) is 0 Å². The molecule has 0 aliphatic rings. The number of benzene rings is 1. The SMILES string of the molecule is Cc1cc(C)cc([Si]OC(C)C)c1. The lowest BCUT2D eigenvalue weighted by Gasteiger charge is -2.07. The summed E-state index contributed by atoms with van der Waals surface area (Å²) in [5.74, 6) is 0. The van der Waals surface area contributed by atoms with E-state index in [1.54, 1.807) is 0 Å². The van der Waals surface area contributed by atoms with Crippen LogP contribution in [0.1, 0.15) is 25.0 Å². The maximum Gasteiger partial charge on any atom is 0.269 e. The molecule has 0 bridgehead atoms. The highest BCUT2D eigenvalue weighted by Gasteiger charge is 2.00. The van der Waals surface area contributed by atoms with Gasteiger partial charge < -0.3 is 4.43 Å². The molecule has 0 saturated carbocycles. The Bertz CT molecular complexity index is 261. The molecule has 1 rings (SSSR count). The molecule has 0 saturated heterocycles. The summed E-state index contributed by atoms with van der Waals surface area (Å²) < 4.78 is 5.57. The van der Waals surface area contributed by atoms with Crippen LogP contribution in [0.2, 0.25) is 0 Å². The molecule has 13 heavy (non-hydrogen) atoms. The van der Waals surface area contributed by atoms with E-state index in [-0.39, 0.29) is 0 Å². The predicted octanol–water partition coefficient (Wildman–Crippen LogP) is 1.97. The van der Waals surface area contributed by atoms with Crippen molar-refractivity contribution in [3.8, 4) is 0 Å². The Labute approximate surface area is 83.1 Å². The second kappa shape index (κ2) is 4.58. The van der Waals surface area contributed by atoms with Crippen LogP contribution in [0.4, 0.5) is 0 Å². The van der Waals surface area contributed by atoms with Crippen molar-refractivity contribution in [3.05, 3.63) is 29.3 Å². The zero-order valence-corrected chi connectivity index (χ0v) is 9.72. The Kier molecular flexibility index (Phi) is 3.69. The Hall–Kier alpha value is -0.603. The number of hydrogen-bond donors (Lipinski definition) is 0. The standard InChI is InChI=1S/C11H16OSi/c1-8(2)12-13-11-6-9(3)5-10(4)7-11/h5-8H,1-4H3. The first-order valence-electron chi connectivity index (χ1n) is 4.58. The quantitative estimate of drug-likeness (QED) is 0.665. The molecule has 0 heterocycles. The number of rotatable bonds is 3. The van der Waals surface area contributed by atoms with Crippen molar-refractivity contribution < 1.29 is 4.43 Å². The Morgan fingerprint density at radius 1 is 1.08 bits per heavy atom. The molecule has 0 N–H and O–H groups in total. The van der Waals surface area contributed by atoms with Gasteiger partial charge in [0, 0.05) is 6.10 Å². The summed E-state index contributed by atoms with van der Waals surface area (Å²) in [7, 11) is 0.478. The summed E-state index contributed by atoms with van der Waals surface area (Å²) in [6.45, 7) is 8.37. The summed E-state index contributed by atoms with van der Waals surface area (Å²) in [4.78, 5) is 0. The van der Waals surface area contributed by atoms with E-state index in [4.69, 9.17) is 4.43 Å². The van der Waals surface area contributed by atoms with Crippen molar-refractivity contribution in [1.82, 2.24) is 0 Å². The predicted molar refractivity (Wildman–Crippen MR) is 57.5 cm³/mol. The first-order valence-corrected chi connectivity index (χ1v) is 5.48. The molecule has 0 aromatic heterocycles. The zero-order chi connectivity index (χ0) is 9.84. The van der Waals surface area contributed by atoms with E-state index >= 15 is 0 Å². The third-order valence-corrected chi connectivity index (χ3v) is 2.75. The smallest absolute Gasteiger partial charge is 0.269 e. The van der Waals surface area contributed by atoms with Crippen molar-refractivity contribution in [1.29, 1.82) is 0 Å². The van der Waals surface area contributed by atoms with Gasteiger partial charge in [-0.1, -0.05) is 29.3 Å². The zero-order valence-electron chi connectivity index (χ0n) is 8.72. The highest BCUT2D eigenvalue weighted by molar-refractivity contribution is 6.47. The van der Waals surface area contributed by atoms with Crippen molar-refractivity contribution >= 4 is 14.9 Å². The maximum absolute atomic E-state index is 5.57. The second-order valence-corrected chi connectivity index (χ2v) is 4.66.